The molecule has 0 bridgehead atoms. The number of carbonyl (C=O) groups is 1. The van der Waals surface area contributed by atoms with Crippen LogP contribution in [0.4, 0.5) is 0 Å². The van der Waals surface area contributed by atoms with Crippen LogP contribution in [0.2, 0.25) is 0 Å². The SMILES string of the molecule is CC1CCC(CNC(=O)Cc2cccc(Oc3ccccc3)c2)CC1. The molecule has 1 aliphatic rings. The first-order chi connectivity index (χ1) is 12.2. The molecule has 0 unspecified atom stereocenters. The van der Waals surface area contributed by atoms with Crippen molar-refractivity contribution in [2.45, 2.75) is 39.0 Å². The van der Waals surface area contributed by atoms with Gasteiger partial charge >= 0.3 is 0 Å². The molecular formula is C22H27NO2. The van der Waals surface area contributed by atoms with Gasteiger partial charge in [0.05, 0.1) is 6.42 Å². The number of para-hydroxylation sites is 1. The molecule has 1 aliphatic carbocycles. The summed E-state index contributed by atoms with van der Waals surface area (Å²) in [5, 5.41) is 3.11. The summed E-state index contributed by atoms with van der Waals surface area (Å²) in [5.41, 5.74) is 0.975. The predicted molar refractivity (Wildman–Crippen MR) is 101 cm³/mol. The number of benzene rings is 2. The zero-order valence-corrected chi connectivity index (χ0v) is 14.9. The number of ether oxygens (including phenoxy) is 1. The summed E-state index contributed by atoms with van der Waals surface area (Å²) in [4.78, 5) is 12.2. The average molecular weight is 337 g/mol. The largest absolute Gasteiger partial charge is 0.457 e. The van der Waals surface area contributed by atoms with Crippen molar-refractivity contribution >= 4 is 5.91 Å². The molecule has 1 amide bonds. The Bertz CT molecular complexity index is 675. The summed E-state index contributed by atoms with van der Waals surface area (Å²) in [6.07, 6.45) is 5.46. The zero-order valence-electron chi connectivity index (χ0n) is 14.9. The van der Waals surface area contributed by atoms with Gasteiger partial charge in [0.15, 0.2) is 0 Å². The molecule has 2 aromatic carbocycles. The molecule has 1 saturated carbocycles. The third kappa shape index (κ3) is 5.63. The quantitative estimate of drug-likeness (QED) is 0.809. The van der Waals surface area contributed by atoms with E-state index in [-0.39, 0.29) is 5.91 Å². The third-order valence-corrected chi connectivity index (χ3v) is 4.97. The summed E-state index contributed by atoms with van der Waals surface area (Å²) in [6, 6.07) is 17.4. The third-order valence-electron chi connectivity index (χ3n) is 4.97. The molecule has 0 aliphatic heterocycles. The summed E-state index contributed by atoms with van der Waals surface area (Å²) in [6.45, 7) is 3.13. The van der Waals surface area contributed by atoms with E-state index in [1.54, 1.807) is 0 Å². The highest BCUT2D eigenvalue weighted by Gasteiger charge is 2.18. The van der Waals surface area contributed by atoms with E-state index >= 15 is 0 Å². The summed E-state index contributed by atoms with van der Waals surface area (Å²) < 4.78 is 5.83. The molecule has 0 heterocycles. The van der Waals surface area contributed by atoms with Crippen molar-refractivity contribution in [3.63, 3.8) is 0 Å². The summed E-state index contributed by atoms with van der Waals surface area (Å²) in [5.74, 6) is 3.15. The zero-order chi connectivity index (χ0) is 17.5. The molecule has 3 rings (SSSR count). The lowest BCUT2D eigenvalue weighted by atomic mass is 9.83. The van der Waals surface area contributed by atoms with Gasteiger partial charge in [-0.25, -0.2) is 0 Å². The highest BCUT2D eigenvalue weighted by Crippen LogP contribution is 2.27. The van der Waals surface area contributed by atoms with Crippen LogP contribution in [-0.2, 0) is 11.2 Å². The lowest BCUT2D eigenvalue weighted by Crippen LogP contribution is -2.32. The number of hydrogen-bond acceptors (Lipinski definition) is 2. The molecule has 132 valence electrons. The highest BCUT2D eigenvalue weighted by molar-refractivity contribution is 5.78. The first-order valence-corrected chi connectivity index (χ1v) is 9.27. The van der Waals surface area contributed by atoms with Crippen molar-refractivity contribution in [3.05, 3.63) is 60.2 Å². The van der Waals surface area contributed by atoms with Crippen molar-refractivity contribution in [2.24, 2.45) is 11.8 Å². The van der Waals surface area contributed by atoms with Crippen LogP contribution >= 0.6 is 0 Å². The van der Waals surface area contributed by atoms with Gasteiger partial charge in [-0.05, 0) is 54.5 Å². The summed E-state index contributed by atoms with van der Waals surface area (Å²) in [7, 11) is 0. The van der Waals surface area contributed by atoms with E-state index in [2.05, 4.69) is 12.2 Å². The highest BCUT2D eigenvalue weighted by atomic mass is 16.5. The smallest absolute Gasteiger partial charge is 0.224 e. The van der Waals surface area contributed by atoms with Gasteiger partial charge in [-0.2, -0.15) is 0 Å². The van der Waals surface area contributed by atoms with Gasteiger partial charge in [0.1, 0.15) is 11.5 Å². The molecule has 0 spiro atoms. The Kier molecular flexibility index (Phi) is 6.10. The molecule has 0 aromatic heterocycles. The van der Waals surface area contributed by atoms with Crippen LogP contribution in [0.5, 0.6) is 11.5 Å². The molecule has 2 aromatic rings. The molecular weight excluding hydrogens is 310 g/mol. The Morgan fingerprint density at radius 3 is 2.48 bits per heavy atom. The van der Waals surface area contributed by atoms with Gasteiger partial charge < -0.3 is 10.1 Å². The number of rotatable bonds is 6. The number of amides is 1. The van der Waals surface area contributed by atoms with Gasteiger partial charge in [-0.3, -0.25) is 4.79 Å². The second-order valence-electron chi connectivity index (χ2n) is 7.17. The second kappa shape index (κ2) is 8.70. The van der Waals surface area contributed by atoms with Crippen LogP contribution < -0.4 is 10.1 Å². The predicted octanol–water partition coefficient (Wildman–Crippen LogP) is 4.96. The Morgan fingerprint density at radius 1 is 1.00 bits per heavy atom. The average Bonchev–Trinajstić information content (AvgIpc) is 2.62. The minimum Gasteiger partial charge on any atom is -0.457 e. The molecule has 1 N–H and O–H groups in total. The maximum Gasteiger partial charge on any atom is 0.224 e. The van der Waals surface area contributed by atoms with Crippen molar-refractivity contribution in [2.75, 3.05) is 6.54 Å². The van der Waals surface area contributed by atoms with Gasteiger partial charge in [-0.15, -0.1) is 0 Å². The van der Waals surface area contributed by atoms with E-state index in [1.807, 2.05) is 54.6 Å². The minimum absolute atomic E-state index is 0.0930. The first kappa shape index (κ1) is 17.5. The second-order valence-corrected chi connectivity index (χ2v) is 7.17. The van der Waals surface area contributed by atoms with Crippen molar-refractivity contribution in [1.82, 2.24) is 5.32 Å². The van der Waals surface area contributed by atoms with E-state index in [9.17, 15) is 4.79 Å². The molecule has 3 nitrogen and oxygen atoms in total. The van der Waals surface area contributed by atoms with Gasteiger partial charge in [0, 0.05) is 6.54 Å². The normalized spacial score (nSPS) is 20.0. The van der Waals surface area contributed by atoms with Crippen LogP contribution in [0.25, 0.3) is 0 Å². The van der Waals surface area contributed by atoms with Crippen LogP contribution in [0.1, 0.15) is 38.2 Å². The van der Waals surface area contributed by atoms with E-state index in [0.717, 1.165) is 29.5 Å². The maximum atomic E-state index is 12.2. The molecule has 0 atom stereocenters. The van der Waals surface area contributed by atoms with Crippen LogP contribution in [0.3, 0.4) is 0 Å². The number of carbonyl (C=O) groups excluding carboxylic acids is 1. The van der Waals surface area contributed by atoms with Crippen LogP contribution in [-0.4, -0.2) is 12.5 Å². The molecule has 3 heteroatoms. The van der Waals surface area contributed by atoms with Crippen molar-refractivity contribution < 1.29 is 9.53 Å². The Morgan fingerprint density at radius 2 is 1.72 bits per heavy atom. The Labute approximate surface area is 150 Å². The molecule has 0 radical (unpaired) electrons. The minimum atomic E-state index is 0.0930. The fraction of sp³-hybridized carbons (Fsp3) is 0.409. The van der Waals surface area contributed by atoms with Crippen LogP contribution in [0, 0.1) is 11.8 Å². The van der Waals surface area contributed by atoms with E-state index in [1.165, 1.54) is 25.7 Å². The lowest BCUT2D eigenvalue weighted by Gasteiger charge is -2.26. The van der Waals surface area contributed by atoms with Gasteiger partial charge in [0.25, 0.3) is 0 Å². The fourth-order valence-corrected chi connectivity index (χ4v) is 3.38. The fourth-order valence-electron chi connectivity index (χ4n) is 3.38. The first-order valence-electron chi connectivity index (χ1n) is 9.27. The standard InChI is InChI=1S/C22H27NO2/c1-17-10-12-18(13-11-17)16-23-22(24)15-19-6-5-9-21(14-19)25-20-7-3-2-4-8-20/h2-9,14,17-18H,10-13,15-16H2,1H3,(H,23,24). The van der Waals surface area contributed by atoms with Crippen molar-refractivity contribution in [3.8, 4) is 11.5 Å². The van der Waals surface area contributed by atoms with E-state index < -0.39 is 0 Å². The van der Waals surface area contributed by atoms with Crippen LogP contribution in [0.15, 0.2) is 54.6 Å². The number of nitrogens with one attached hydrogen (secondary N) is 1. The molecule has 25 heavy (non-hydrogen) atoms. The van der Waals surface area contributed by atoms with Gasteiger partial charge in [0.2, 0.25) is 5.91 Å². The lowest BCUT2D eigenvalue weighted by molar-refractivity contribution is -0.120. The molecule has 1 fully saturated rings. The summed E-state index contributed by atoms with van der Waals surface area (Å²) >= 11 is 0. The molecule has 0 saturated heterocycles. The maximum absolute atomic E-state index is 12.2. The van der Waals surface area contributed by atoms with Crippen molar-refractivity contribution in [1.29, 1.82) is 0 Å². The Balaban J connectivity index is 1.49. The van der Waals surface area contributed by atoms with E-state index in [4.69, 9.17) is 4.74 Å². The van der Waals surface area contributed by atoms with E-state index in [0.29, 0.717) is 12.3 Å². The Hall–Kier alpha value is -2.29. The monoisotopic (exact) mass is 337 g/mol. The topological polar surface area (TPSA) is 38.3 Å². The number of hydrogen-bond donors (Lipinski definition) is 1. The van der Waals surface area contributed by atoms with Gasteiger partial charge in [-0.1, -0.05) is 50.1 Å².